The monoisotopic (exact) mass is 289 g/mol. The molecule has 1 fully saturated rings. The molecule has 116 valence electrons. The van der Waals surface area contributed by atoms with E-state index < -0.39 is 0 Å². The zero-order valence-electron chi connectivity index (χ0n) is 13.4. The minimum atomic E-state index is -0.131. The van der Waals surface area contributed by atoms with Crippen LogP contribution in [0.15, 0.2) is 24.3 Å². The predicted octanol–water partition coefficient (Wildman–Crippen LogP) is 3.82. The van der Waals surface area contributed by atoms with Crippen molar-refractivity contribution in [3.63, 3.8) is 0 Å². The van der Waals surface area contributed by atoms with Gasteiger partial charge in [0, 0.05) is 11.6 Å². The molecule has 0 aromatic heterocycles. The maximum atomic E-state index is 12.5. The largest absolute Gasteiger partial charge is 0.494 e. The third kappa shape index (κ3) is 4.31. The lowest BCUT2D eigenvalue weighted by Gasteiger charge is -2.31. The minimum Gasteiger partial charge on any atom is -0.494 e. The van der Waals surface area contributed by atoms with Gasteiger partial charge in [0.2, 0.25) is 0 Å². The number of hydrogen-bond acceptors (Lipinski definition) is 3. The van der Waals surface area contributed by atoms with E-state index in [1.807, 2.05) is 38.1 Å². The Morgan fingerprint density at radius 3 is 2.57 bits per heavy atom. The number of ether oxygens (including phenoxy) is 1. The van der Waals surface area contributed by atoms with E-state index in [1.54, 1.807) is 0 Å². The zero-order valence-corrected chi connectivity index (χ0v) is 13.4. The second-order valence-corrected chi connectivity index (χ2v) is 6.08. The van der Waals surface area contributed by atoms with Gasteiger partial charge in [-0.2, -0.15) is 0 Å². The first-order valence-electron chi connectivity index (χ1n) is 8.15. The van der Waals surface area contributed by atoms with Gasteiger partial charge in [-0.3, -0.25) is 4.79 Å². The van der Waals surface area contributed by atoms with E-state index in [4.69, 9.17) is 4.74 Å². The Labute approximate surface area is 128 Å². The van der Waals surface area contributed by atoms with Crippen LogP contribution in [0.1, 0.15) is 56.8 Å². The Kier molecular flexibility index (Phi) is 5.80. The Bertz CT molecular complexity index is 455. The molecule has 3 unspecified atom stereocenters. The third-order valence-electron chi connectivity index (χ3n) is 4.42. The summed E-state index contributed by atoms with van der Waals surface area (Å²) in [4.78, 5) is 12.5. The summed E-state index contributed by atoms with van der Waals surface area (Å²) in [5.41, 5.74) is 0.752. The van der Waals surface area contributed by atoms with Gasteiger partial charge in [-0.05, 0) is 56.9 Å². The van der Waals surface area contributed by atoms with Crippen LogP contribution >= 0.6 is 0 Å². The average Bonchev–Trinajstić information content (AvgIpc) is 2.50. The SMILES string of the molecule is CCOc1ccc(C(=O)C(C)NC2CCCCC2C)cc1. The van der Waals surface area contributed by atoms with Gasteiger partial charge in [0.15, 0.2) is 5.78 Å². The molecule has 1 aliphatic carbocycles. The fourth-order valence-electron chi connectivity index (χ4n) is 3.09. The Balaban J connectivity index is 1.94. The number of ketones is 1. The quantitative estimate of drug-likeness (QED) is 0.809. The van der Waals surface area contributed by atoms with Crippen LogP contribution in [0.4, 0.5) is 0 Å². The molecule has 0 radical (unpaired) electrons. The maximum absolute atomic E-state index is 12.5. The summed E-state index contributed by atoms with van der Waals surface area (Å²) in [6, 6.07) is 7.79. The average molecular weight is 289 g/mol. The maximum Gasteiger partial charge on any atom is 0.179 e. The molecule has 1 saturated carbocycles. The van der Waals surface area contributed by atoms with Crippen molar-refractivity contribution in [1.82, 2.24) is 5.32 Å². The molecule has 3 heteroatoms. The highest BCUT2D eigenvalue weighted by atomic mass is 16.5. The smallest absolute Gasteiger partial charge is 0.179 e. The molecule has 3 atom stereocenters. The van der Waals surface area contributed by atoms with Crippen molar-refractivity contribution in [3.05, 3.63) is 29.8 Å². The van der Waals surface area contributed by atoms with Gasteiger partial charge in [0.05, 0.1) is 12.6 Å². The van der Waals surface area contributed by atoms with Crippen molar-refractivity contribution in [1.29, 1.82) is 0 Å². The van der Waals surface area contributed by atoms with E-state index in [0.717, 1.165) is 11.3 Å². The van der Waals surface area contributed by atoms with Crippen LogP contribution in [-0.4, -0.2) is 24.5 Å². The van der Waals surface area contributed by atoms with Crippen LogP contribution in [0.5, 0.6) is 5.75 Å². The summed E-state index contributed by atoms with van der Waals surface area (Å²) >= 11 is 0. The standard InChI is InChI=1S/C18H27NO2/c1-4-21-16-11-9-15(10-12-16)18(20)14(3)19-17-8-6-5-7-13(17)2/h9-14,17,19H,4-8H2,1-3H3. The van der Waals surface area contributed by atoms with Crippen LogP contribution in [0.25, 0.3) is 0 Å². The Morgan fingerprint density at radius 1 is 1.29 bits per heavy atom. The number of Topliss-reactive ketones (excluding diaryl/α,β-unsaturated/α-hetero) is 1. The molecule has 0 bridgehead atoms. The molecular weight excluding hydrogens is 262 g/mol. The first-order chi connectivity index (χ1) is 10.1. The number of hydrogen-bond donors (Lipinski definition) is 1. The van der Waals surface area contributed by atoms with Crippen LogP contribution in [0.2, 0.25) is 0 Å². The topological polar surface area (TPSA) is 38.3 Å². The van der Waals surface area contributed by atoms with Gasteiger partial charge in [-0.15, -0.1) is 0 Å². The second kappa shape index (κ2) is 7.60. The molecule has 1 aromatic rings. The highest BCUT2D eigenvalue weighted by Crippen LogP contribution is 2.24. The number of carbonyl (C=O) groups excluding carboxylic acids is 1. The Hall–Kier alpha value is -1.35. The number of rotatable bonds is 6. The normalized spacial score (nSPS) is 23.6. The van der Waals surface area contributed by atoms with E-state index in [1.165, 1.54) is 25.7 Å². The van der Waals surface area contributed by atoms with Crippen molar-refractivity contribution in [2.24, 2.45) is 5.92 Å². The number of carbonyl (C=O) groups is 1. The molecule has 21 heavy (non-hydrogen) atoms. The summed E-state index contributed by atoms with van der Waals surface area (Å²) in [5.74, 6) is 1.64. The van der Waals surface area contributed by atoms with Gasteiger partial charge in [-0.1, -0.05) is 19.8 Å². The molecule has 1 aromatic carbocycles. The molecule has 0 amide bonds. The predicted molar refractivity (Wildman–Crippen MR) is 86.0 cm³/mol. The van der Waals surface area contributed by atoms with E-state index >= 15 is 0 Å². The fourth-order valence-corrected chi connectivity index (χ4v) is 3.09. The van der Waals surface area contributed by atoms with Crippen LogP contribution in [0.3, 0.4) is 0 Å². The molecule has 1 N–H and O–H groups in total. The second-order valence-electron chi connectivity index (χ2n) is 6.08. The lowest BCUT2D eigenvalue weighted by molar-refractivity contribution is 0.0933. The van der Waals surface area contributed by atoms with E-state index in [0.29, 0.717) is 18.6 Å². The van der Waals surface area contributed by atoms with E-state index in [-0.39, 0.29) is 11.8 Å². The van der Waals surface area contributed by atoms with Crippen molar-refractivity contribution in [3.8, 4) is 5.75 Å². The van der Waals surface area contributed by atoms with E-state index in [2.05, 4.69) is 12.2 Å². The molecule has 2 rings (SSSR count). The Morgan fingerprint density at radius 2 is 1.95 bits per heavy atom. The van der Waals surface area contributed by atoms with Gasteiger partial charge in [-0.25, -0.2) is 0 Å². The third-order valence-corrected chi connectivity index (χ3v) is 4.42. The molecule has 0 spiro atoms. The van der Waals surface area contributed by atoms with Gasteiger partial charge >= 0.3 is 0 Å². The highest BCUT2D eigenvalue weighted by molar-refractivity contribution is 5.99. The summed E-state index contributed by atoms with van der Waals surface area (Å²) in [6.45, 7) is 6.85. The summed E-state index contributed by atoms with van der Waals surface area (Å²) in [5, 5.41) is 3.53. The lowest BCUT2D eigenvalue weighted by Crippen LogP contribution is -2.45. The van der Waals surface area contributed by atoms with E-state index in [9.17, 15) is 4.79 Å². The van der Waals surface area contributed by atoms with Crippen molar-refractivity contribution in [2.75, 3.05) is 6.61 Å². The van der Waals surface area contributed by atoms with Gasteiger partial charge in [0.25, 0.3) is 0 Å². The summed E-state index contributed by atoms with van der Waals surface area (Å²) in [6.07, 6.45) is 5.04. The van der Waals surface area contributed by atoms with Crippen LogP contribution in [0, 0.1) is 5.92 Å². The van der Waals surface area contributed by atoms with Crippen LogP contribution < -0.4 is 10.1 Å². The zero-order chi connectivity index (χ0) is 15.2. The number of benzene rings is 1. The summed E-state index contributed by atoms with van der Waals surface area (Å²) < 4.78 is 5.41. The van der Waals surface area contributed by atoms with Crippen molar-refractivity contribution >= 4 is 5.78 Å². The molecule has 0 saturated heterocycles. The van der Waals surface area contributed by atoms with Gasteiger partial charge < -0.3 is 10.1 Å². The van der Waals surface area contributed by atoms with Crippen molar-refractivity contribution < 1.29 is 9.53 Å². The molecule has 3 nitrogen and oxygen atoms in total. The highest BCUT2D eigenvalue weighted by Gasteiger charge is 2.25. The molecular formula is C18H27NO2. The van der Waals surface area contributed by atoms with Crippen LogP contribution in [-0.2, 0) is 0 Å². The number of nitrogens with one attached hydrogen (secondary N) is 1. The summed E-state index contributed by atoms with van der Waals surface area (Å²) in [7, 11) is 0. The van der Waals surface area contributed by atoms with Crippen molar-refractivity contribution in [2.45, 2.75) is 58.5 Å². The molecule has 0 heterocycles. The minimum absolute atomic E-state index is 0.131. The lowest BCUT2D eigenvalue weighted by atomic mass is 9.85. The molecule has 1 aliphatic rings. The molecule has 0 aliphatic heterocycles. The van der Waals surface area contributed by atoms with Gasteiger partial charge in [0.1, 0.15) is 5.75 Å². The fraction of sp³-hybridized carbons (Fsp3) is 0.611. The first-order valence-corrected chi connectivity index (χ1v) is 8.15. The first kappa shape index (κ1) is 16.0.